The summed E-state index contributed by atoms with van der Waals surface area (Å²) in [4.78, 5) is 16.7. The van der Waals surface area contributed by atoms with Crippen molar-refractivity contribution < 1.29 is 17.7 Å². The molecule has 0 atom stereocenters. The number of hydrogen-bond acceptors (Lipinski definition) is 6. The fraction of sp³-hybridized carbons (Fsp3) is 0.526. The molecule has 1 aliphatic heterocycles. The highest BCUT2D eigenvalue weighted by Crippen LogP contribution is 2.26. The van der Waals surface area contributed by atoms with Crippen molar-refractivity contribution in [1.82, 2.24) is 19.8 Å². The number of rotatable bonds is 6. The van der Waals surface area contributed by atoms with Gasteiger partial charge in [0.1, 0.15) is 0 Å². The molecular formula is C19H26N4O4S. The van der Waals surface area contributed by atoms with Crippen molar-refractivity contribution >= 4 is 15.9 Å². The van der Waals surface area contributed by atoms with Gasteiger partial charge in [0.15, 0.2) is 5.82 Å². The van der Waals surface area contributed by atoms with Crippen LogP contribution in [0.2, 0.25) is 0 Å². The van der Waals surface area contributed by atoms with E-state index in [-0.39, 0.29) is 11.8 Å². The van der Waals surface area contributed by atoms with Crippen LogP contribution in [-0.2, 0) is 16.4 Å². The third kappa shape index (κ3) is 5.17. The molecule has 1 N–H and O–H groups in total. The van der Waals surface area contributed by atoms with E-state index >= 15 is 0 Å². The van der Waals surface area contributed by atoms with E-state index in [1.165, 1.54) is 10.6 Å². The Kier molecular flexibility index (Phi) is 6.14. The molecule has 2 heterocycles. The van der Waals surface area contributed by atoms with Gasteiger partial charge in [0.2, 0.25) is 15.9 Å². The third-order valence-electron chi connectivity index (χ3n) is 4.88. The summed E-state index contributed by atoms with van der Waals surface area (Å²) in [5, 5.41) is 6.91. The topological polar surface area (TPSA) is 105 Å². The van der Waals surface area contributed by atoms with Crippen molar-refractivity contribution in [1.29, 1.82) is 0 Å². The summed E-state index contributed by atoms with van der Waals surface area (Å²) in [7, 11) is -3.15. The Morgan fingerprint density at radius 2 is 1.86 bits per heavy atom. The maximum atomic E-state index is 12.3. The second kappa shape index (κ2) is 8.40. The van der Waals surface area contributed by atoms with E-state index < -0.39 is 10.0 Å². The molecule has 2 aromatic rings. The summed E-state index contributed by atoms with van der Waals surface area (Å²) in [6.45, 7) is 5.27. The Hall–Kier alpha value is -2.26. The third-order valence-corrected chi connectivity index (χ3v) is 6.18. The fourth-order valence-electron chi connectivity index (χ4n) is 3.47. The van der Waals surface area contributed by atoms with Crippen LogP contribution in [0.25, 0.3) is 0 Å². The largest absolute Gasteiger partial charge is 0.352 e. The normalized spacial score (nSPS) is 16.2. The van der Waals surface area contributed by atoms with Gasteiger partial charge >= 0.3 is 0 Å². The quantitative estimate of drug-likeness (QED) is 0.784. The lowest BCUT2D eigenvalue weighted by molar-refractivity contribution is 0.0953. The Bertz CT molecular complexity index is 926. The first-order valence-electron chi connectivity index (χ1n) is 9.36. The predicted molar refractivity (Wildman–Crippen MR) is 105 cm³/mol. The van der Waals surface area contributed by atoms with Crippen LogP contribution in [0, 0.1) is 13.8 Å². The molecule has 1 aromatic carbocycles. The molecule has 0 saturated carbocycles. The maximum absolute atomic E-state index is 12.3. The zero-order valence-electron chi connectivity index (χ0n) is 16.4. The minimum absolute atomic E-state index is 0.0976. The molecule has 28 heavy (non-hydrogen) atoms. The lowest BCUT2D eigenvalue weighted by atomic mass is 9.97. The van der Waals surface area contributed by atoms with E-state index in [4.69, 9.17) is 4.52 Å². The standard InChI is InChI=1S/C19H26N4O4S/c1-13-10-14(2)12-16(11-13)19(24)20-7-4-17-21-18(22-27-17)15-5-8-23(9-6-15)28(3,25)26/h10-12,15H,4-9H2,1-3H3,(H,20,24). The lowest BCUT2D eigenvalue weighted by Gasteiger charge is -2.28. The van der Waals surface area contributed by atoms with Crippen LogP contribution in [0.15, 0.2) is 22.7 Å². The highest BCUT2D eigenvalue weighted by atomic mass is 32.2. The monoisotopic (exact) mass is 406 g/mol. The molecule has 8 nitrogen and oxygen atoms in total. The minimum Gasteiger partial charge on any atom is -0.352 e. The van der Waals surface area contributed by atoms with Gasteiger partial charge in [-0.15, -0.1) is 0 Å². The summed E-state index contributed by atoms with van der Waals surface area (Å²) < 4.78 is 29.9. The average Bonchev–Trinajstić information content (AvgIpc) is 3.09. The number of carbonyl (C=O) groups excluding carboxylic acids is 1. The molecular weight excluding hydrogens is 380 g/mol. The van der Waals surface area contributed by atoms with Crippen LogP contribution in [0.3, 0.4) is 0 Å². The number of nitrogens with one attached hydrogen (secondary N) is 1. The molecule has 1 amide bonds. The van der Waals surface area contributed by atoms with Gasteiger partial charge < -0.3 is 9.84 Å². The highest BCUT2D eigenvalue weighted by Gasteiger charge is 2.28. The zero-order valence-corrected chi connectivity index (χ0v) is 17.3. The number of aryl methyl sites for hydroxylation is 2. The molecule has 9 heteroatoms. The van der Waals surface area contributed by atoms with E-state index in [2.05, 4.69) is 15.5 Å². The minimum atomic E-state index is -3.15. The maximum Gasteiger partial charge on any atom is 0.251 e. The predicted octanol–water partition coefficient (Wildman–Crippen LogP) is 1.80. The Morgan fingerprint density at radius 3 is 2.46 bits per heavy atom. The SMILES string of the molecule is Cc1cc(C)cc(C(=O)NCCc2nc(C3CCN(S(C)(=O)=O)CC3)no2)c1. The van der Waals surface area contributed by atoms with Gasteiger partial charge in [-0.1, -0.05) is 22.3 Å². The van der Waals surface area contributed by atoms with E-state index in [1.807, 2.05) is 32.0 Å². The van der Waals surface area contributed by atoms with E-state index in [0.29, 0.717) is 56.2 Å². The van der Waals surface area contributed by atoms with Crippen molar-refractivity contribution in [3.63, 3.8) is 0 Å². The van der Waals surface area contributed by atoms with Crippen LogP contribution < -0.4 is 5.32 Å². The van der Waals surface area contributed by atoms with Gasteiger partial charge in [0.25, 0.3) is 5.91 Å². The molecule has 1 fully saturated rings. The molecule has 0 aliphatic carbocycles. The van der Waals surface area contributed by atoms with Crippen LogP contribution in [-0.4, -0.2) is 54.7 Å². The van der Waals surface area contributed by atoms with E-state index in [1.54, 1.807) is 0 Å². The molecule has 152 valence electrons. The van der Waals surface area contributed by atoms with Gasteiger partial charge in [-0.05, 0) is 38.8 Å². The summed E-state index contributed by atoms with van der Waals surface area (Å²) in [6.07, 6.45) is 3.03. The van der Waals surface area contributed by atoms with E-state index in [9.17, 15) is 13.2 Å². The molecule has 1 saturated heterocycles. The van der Waals surface area contributed by atoms with Gasteiger partial charge in [-0.25, -0.2) is 12.7 Å². The first kappa shape index (κ1) is 20.5. The number of nitrogens with zero attached hydrogens (tertiary/aromatic N) is 3. The van der Waals surface area contributed by atoms with Crippen molar-refractivity contribution in [3.8, 4) is 0 Å². The number of sulfonamides is 1. The number of aromatic nitrogens is 2. The van der Waals surface area contributed by atoms with Crippen LogP contribution in [0.1, 0.15) is 52.0 Å². The zero-order chi connectivity index (χ0) is 20.3. The molecule has 1 aromatic heterocycles. The number of amides is 1. The highest BCUT2D eigenvalue weighted by molar-refractivity contribution is 7.88. The summed E-state index contributed by atoms with van der Waals surface area (Å²) in [5.41, 5.74) is 2.74. The first-order valence-corrected chi connectivity index (χ1v) is 11.2. The molecule has 0 radical (unpaired) electrons. The van der Waals surface area contributed by atoms with Gasteiger partial charge in [0, 0.05) is 37.5 Å². The molecule has 1 aliphatic rings. The van der Waals surface area contributed by atoms with Gasteiger partial charge in [-0.3, -0.25) is 4.79 Å². The number of hydrogen-bond donors (Lipinski definition) is 1. The first-order chi connectivity index (χ1) is 13.2. The number of piperidine rings is 1. The Morgan fingerprint density at radius 1 is 1.21 bits per heavy atom. The molecule has 3 rings (SSSR count). The van der Waals surface area contributed by atoms with Crippen molar-refractivity contribution in [2.45, 2.75) is 39.0 Å². The van der Waals surface area contributed by atoms with Crippen molar-refractivity contribution in [3.05, 3.63) is 46.6 Å². The lowest BCUT2D eigenvalue weighted by Crippen LogP contribution is -2.37. The van der Waals surface area contributed by atoms with Gasteiger partial charge in [0.05, 0.1) is 6.26 Å². The molecule has 0 unspecified atom stereocenters. The van der Waals surface area contributed by atoms with Crippen molar-refractivity contribution in [2.24, 2.45) is 0 Å². The van der Waals surface area contributed by atoms with Crippen LogP contribution in [0.5, 0.6) is 0 Å². The summed E-state index contributed by atoms with van der Waals surface area (Å²) in [6, 6.07) is 5.74. The van der Waals surface area contributed by atoms with Crippen LogP contribution in [0.4, 0.5) is 0 Å². The Balaban J connectivity index is 1.49. The fourth-order valence-corrected chi connectivity index (χ4v) is 4.35. The average molecular weight is 407 g/mol. The molecule has 0 bridgehead atoms. The second-order valence-corrected chi connectivity index (χ2v) is 9.35. The number of carbonyl (C=O) groups is 1. The second-order valence-electron chi connectivity index (χ2n) is 7.36. The smallest absolute Gasteiger partial charge is 0.251 e. The van der Waals surface area contributed by atoms with E-state index in [0.717, 1.165) is 11.1 Å². The van der Waals surface area contributed by atoms with Crippen molar-refractivity contribution in [2.75, 3.05) is 25.9 Å². The summed E-state index contributed by atoms with van der Waals surface area (Å²) >= 11 is 0. The Labute approximate surface area is 165 Å². The summed E-state index contributed by atoms with van der Waals surface area (Å²) in [5.74, 6) is 1.06. The van der Waals surface area contributed by atoms with Gasteiger partial charge in [-0.2, -0.15) is 4.98 Å². The van der Waals surface area contributed by atoms with Crippen LogP contribution >= 0.6 is 0 Å². The molecule has 0 spiro atoms. The number of benzene rings is 1.